The fraction of sp³-hybridized carbons (Fsp3) is 0.667. The summed E-state index contributed by atoms with van der Waals surface area (Å²) in [5.74, 6) is 5.01. The van der Waals surface area contributed by atoms with Gasteiger partial charge in [-0.25, -0.2) is 4.79 Å². The zero-order valence-corrected chi connectivity index (χ0v) is 7.15. The summed E-state index contributed by atoms with van der Waals surface area (Å²) in [6, 6.07) is 0. The Kier molecular flexibility index (Phi) is 4.98. The van der Waals surface area contributed by atoms with E-state index in [2.05, 4.69) is 15.7 Å². The van der Waals surface area contributed by atoms with Gasteiger partial charge in [0, 0.05) is 13.6 Å². The van der Waals surface area contributed by atoms with Crippen LogP contribution >= 0.6 is 0 Å². The third-order valence-electron chi connectivity index (χ3n) is 1.34. The average Bonchev–Trinajstić information content (AvgIpc) is 2.04. The summed E-state index contributed by atoms with van der Waals surface area (Å²) in [5.41, 5.74) is 0. The first-order valence-corrected chi connectivity index (χ1v) is 3.39. The van der Waals surface area contributed by atoms with Crippen molar-refractivity contribution in [2.45, 2.75) is 6.92 Å². The molecule has 0 fully saturated rings. The number of carbonyl (C=O) groups is 1. The van der Waals surface area contributed by atoms with E-state index in [1.165, 1.54) is 0 Å². The van der Waals surface area contributed by atoms with Crippen molar-refractivity contribution in [1.82, 2.24) is 4.90 Å². The van der Waals surface area contributed by atoms with Gasteiger partial charge < -0.3 is 14.8 Å². The summed E-state index contributed by atoms with van der Waals surface area (Å²) in [7, 11) is 1.69. The number of nitrogens with zero attached hydrogens (tertiary/aromatic N) is 2. The van der Waals surface area contributed by atoms with Gasteiger partial charge in [0.2, 0.25) is 0 Å². The lowest BCUT2D eigenvalue weighted by Gasteiger charge is -2.15. The topological polar surface area (TPSA) is 88.1 Å². The van der Waals surface area contributed by atoms with Crippen LogP contribution in [0.4, 0.5) is 4.79 Å². The number of amides is 1. The summed E-state index contributed by atoms with van der Waals surface area (Å²) < 4.78 is 0. The van der Waals surface area contributed by atoms with Crippen LogP contribution in [0.3, 0.4) is 0 Å². The van der Waals surface area contributed by atoms with E-state index >= 15 is 0 Å². The third kappa shape index (κ3) is 3.89. The molecule has 0 atom stereocenters. The molecule has 0 unspecified atom stereocenters. The number of aliphatic hydroxyl groups excluding tert-OH is 1. The Bertz CT molecular complexity index is 181. The van der Waals surface area contributed by atoms with Gasteiger partial charge >= 0.3 is 6.09 Å². The van der Waals surface area contributed by atoms with Gasteiger partial charge in [0.15, 0.2) is 0 Å². The Labute approximate surface area is 70.6 Å². The van der Waals surface area contributed by atoms with Gasteiger partial charge in [-0.3, -0.25) is 0 Å². The highest BCUT2D eigenvalue weighted by atomic mass is 16.7. The van der Waals surface area contributed by atoms with Gasteiger partial charge in [-0.05, 0) is 6.92 Å². The maximum atomic E-state index is 10.5. The predicted molar refractivity (Wildman–Crippen MR) is 43.5 cm³/mol. The normalized spacial score (nSPS) is 11.2. The van der Waals surface area contributed by atoms with E-state index in [1.54, 1.807) is 18.9 Å². The average molecular weight is 175 g/mol. The third-order valence-corrected chi connectivity index (χ3v) is 1.34. The van der Waals surface area contributed by atoms with E-state index in [0.29, 0.717) is 12.4 Å². The number of amidine groups is 1. The second-order valence-electron chi connectivity index (χ2n) is 2.19. The Morgan fingerprint density at radius 3 is 2.75 bits per heavy atom. The molecule has 0 aromatic rings. The fourth-order valence-electron chi connectivity index (χ4n) is 0.556. The Morgan fingerprint density at radius 2 is 2.33 bits per heavy atom. The number of aliphatic imine (C=N–C) groups is 1. The van der Waals surface area contributed by atoms with E-state index in [0.717, 1.165) is 0 Å². The van der Waals surface area contributed by atoms with E-state index < -0.39 is 6.09 Å². The van der Waals surface area contributed by atoms with Gasteiger partial charge in [0.05, 0.1) is 6.61 Å². The number of likely N-dealkylation sites (N-methyl/N-ethyl adjacent to an activating group) is 1. The van der Waals surface area contributed by atoms with Gasteiger partial charge in [-0.15, -0.1) is 0 Å². The molecule has 0 heterocycles. The number of rotatable bonds is 2. The summed E-state index contributed by atoms with van der Waals surface area (Å²) in [4.78, 5) is 19.4. The van der Waals surface area contributed by atoms with Crippen molar-refractivity contribution in [2.75, 3.05) is 20.2 Å². The molecular formula is C6H13N3O3. The summed E-state index contributed by atoms with van der Waals surface area (Å²) in [5, 5.41) is 8.54. The molecule has 0 saturated heterocycles. The molecule has 3 N–H and O–H groups in total. The SMILES string of the molecule is C/C(=N\C(=O)ON)N(C)CCO. The first-order chi connectivity index (χ1) is 5.61. The number of carbonyl (C=O) groups excluding carboxylic acids is 1. The highest BCUT2D eigenvalue weighted by Crippen LogP contribution is 1.88. The van der Waals surface area contributed by atoms with E-state index in [1.807, 2.05) is 0 Å². The van der Waals surface area contributed by atoms with Gasteiger partial charge in [-0.1, -0.05) is 0 Å². The minimum absolute atomic E-state index is 0.00102. The Morgan fingerprint density at radius 1 is 1.75 bits per heavy atom. The van der Waals surface area contributed by atoms with E-state index in [-0.39, 0.29) is 6.61 Å². The highest BCUT2D eigenvalue weighted by Gasteiger charge is 2.02. The zero-order chi connectivity index (χ0) is 9.56. The van der Waals surface area contributed by atoms with Crippen molar-refractivity contribution in [1.29, 1.82) is 0 Å². The minimum atomic E-state index is -0.850. The number of nitrogens with two attached hydrogens (primary N) is 1. The van der Waals surface area contributed by atoms with Crippen LogP contribution in [-0.4, -0.2) is 42.1 Å². The molecule has 0 spiro atoms. The molecule has 6 nitrogen and oxygen atoms in total. The number of hydrogen-bond acceptors (Lipinski definition) is 4. The molecule has 0 aromatic heterocycles. The molecule has 0 aliphatic heterocycles. The van der Waals surface area contributed by atoms with E-state index in [9.17, 15) is 4.79 Å². The van der Waals surface area contributed by atoms with Crippen molar-refractivity contribution >= 4 is 11.9 Å². The molecule has 0 saturated carbocycles. The highest BCUT2D eigenvalue weighted by molar-refractivity contribution is 5.89. The van der Waals surface area contributed by atoms with Crippen LogP contribution in [0, 0.1) is 0 Å². The maximum absolute atomic E-state index is 10.5. The number of hydrogen-bond donors (Lipinski definition) is 2. The van der Waals surface area contributed by atoms with Gasteiger partial charge in [-0.2, -0.15) is 10.9 Å². The molecule has 0 rings (SSSR count). The molecule has 0 aliphatic rings. The predicted octanol–water partition coefficient (Wildman–Crippen LogP) is -0.661. The van der Waals surface area contributed by atoms with Crippen LogP contribution in [0.5, 0.6) is 0 Å². The largest absolute Gasteiger partial charge is 0.453 e. The summed E-state index contributed by atoms with van der Waals surface area (Å²) in [6.45, 7) is 2.03. The standard InChI is InChI=1S/C6H13N3O3/c1-5(8-6(11)12-7)9(2)3-4-10/h10H,3-4,7H2,1-2H3/b8-5+. The smallest absolute Gasteiger partial charge is 0.395 e. The molecule has 1 amide bonds. The van der Waals surface area contributed by atoms with Crippen molar-refractivity contribution in [3.05, 3.63) is 0 Å². The molecule has 0 bridgehead atoms. The fourth-order valence-corrected chi connectivity index (χ4v) is 0.556. The summed E-state index contributed by atoms with van der Waals surface area (Å²) in [6.07, 6.45) is -0.850. The molecule has 0 radical (unpaired) electrons. The quantitative estimate of drug-likeness (QED) is 0.330. The minimum Gasteiger partial charge on any atom is -0.395 e. The van der Waals surface area contributed by atoms with Crippen LogP contribution < -0.4 is 5.90 Å². The monoisotopic (exact) mass is 175 g/mol. The Balaban J connectivity index is 4.06. The molecule has 70 valence electrons. The summed E-state index contributed by atoms with van der Waals surface area (Å²) >= 11 is 0. The van der Waals surface area contributed by atoms with Crippen LogP contribution in [0.1, 0.15) is 6.92 Å². The first-order valence-electron chi connectivity index (χ1n) is 3.39. The van der Waals surface area contributed by atoms with Crippen LogP contribution in [0.2, 0.25) is 0 Å². The number of aliphatic hydroxyl groups is 1. The van der Waals surface area contributed by atoms with E-state index in [4.69, 9.17) is 5.11 Å². The molecule has 0 aromatic carbocycles. The second kappa shape index (κ2) is 5.50. The Hall–Kier alpha value is -1.14. The molecule has 0 aliphatic carbocycles. The maximum Gasteiger partial charge on any atom is 0.453 e. The lowest BCUT2D eigenvalue weighted by molar-refractivity contribution is 0.158. The van der Waals surface area contributed by atoms with Crippen LogP contribution in [0.25, 0.3) is 0 Å². The van der Waals surface area contributed by atoms with Gasteiger partial charge in [0.1, 0.15) is 5.84 Å². The van der Waals surface area contributed by atoms with Crippen LogP contribution in [0.15, 0.2) is 4.99 Å². The molecule has 6 heteroatoms. The van der Waals surface area contributed by atoms with Crippen molar-refractivity contribution in [3.8, 4) is 0 Å². The molecule has 12 heavy (non-hydrogen) atoms. The molecular weight excluding hydrogens is 162 g/mol. The second-order valence-corrected chi connectivity index (χ2v) is 2.19. The van der Waals surface area contributed by atoms with Crippen LogP contribution in [-0.2, 0) is 4.84 Å². The first kappa shape index (κ1) is 10.9. The lowest BCUT2D eigenvalue weighted by Crippen LogP contribution is -2.28. The van der Waals surface area contributed by atoms with Crippen molar-refractivity contribution < 1.29 is 14.7 Å². The van der Waals surface area contributed by atoms with Gasteiger partial charge in [0.25, 0.3) is 0 Å². The zero-order valence-electron chi connectivity index (χ0n) is 7.15. The van der Waals surface area contributed by atoms with Crippen molar-refractivity contribution in [2.24, 2.45) is 10.9 Å². The lowest BCUT2D eigenvalue weighted by atomic mass is 10.5. The van der Waals surface area contributed by atoms with Crippen molar-refractivity contribution in [3.63, 3.8) is 0 Å².